The van der Waals surface area contributed by atoms with Crippen molar-refractivity contribution in [1.29, 1.82) is 0 Å². The van der Waals surface area contributed by atoms with Crippen LogP contribution in [0.4, 0.5) is 17.1 Å². The van der Waals surface area contributed by atoms with Gasteiger partial charge in [0.25, 0.3) is 11.8 Å². The van der Waals surface area contributed by atoms with Gasteiger partial charge in [0.2, 0.25) is 5.91 Å². The minimum Gasteiger partial charge on any atom is -0.494 e. The molecular formula is C41H43N11O4. The Morgan fingerprint density at radius 1 is 0.750 bits per heavy atom. The highest BCUT2D eigenvalue weighted by atomic mass is 16.5. The molecule has 15 heteroatoms. The van der Waals surface area contributed by atoms with E-state index in [0.717, 1.165) is 71.0 Å². The Labute approximate surface area is 322 Å². The summed E-state index contributed by atoms with van der Waals surface area (Å²) in [5.41, 5.74) is 13.6. The van der Waals surface area contributed by atoms with Gasteiger partial charge in [-0.05, 0) is 74.1 Å². The first kappa shape index (κ1) is 36.1. The topological polar surface area (TPSA) is 184 Å². The summed E-state index contributed by atoms with van der Waals surface area (Å²) < 4.78 is 9.17. The molecule has 0 aliphatic carbocycles. The molecule has 1 aliphatic heterocycles. The van der Waals surface area contributed by atoms with Crippen molar-refractivity contribution in [2.24, 2.45) is 19.8 Å². The molecule has 1 saturated heterocycles. The zero-order valence-electron chi connectivity index (χ0n) is 31.4. The molecule has 0 unspecified atom stereocenters. The molecule has 0 spiro atoms. The second-order valence-electron chi connectivity index (χ2n) is 14.2. The van der Waals surface area contributed by atoms with Crippen LogP contribution in [0.5, 0.6) is 5.75 Å². The lowest BCUT2D eigenvalue weighted by molar-refractivity contribution is -0.116. The Hall–Kier alpha value is -6.87. The van der Waals surface area contributed by atoms with E-state index in [-0.39, 0.29) is 18.0 Å². The van der Waals surface area contributed by atoms with Gasteiger partial charge in [0, 0.05) is 75.9 Å². The van der Waals surface area contributed by atoms with Crippen molar-refractivity contribution in [3.8, 4) is 28.5 Å². The van der Waals surface area contributed by atoms with E-state index < -0.39 is 11.8 Å². The Morgan fingerprint density at radius 3 is 2.11 bits per heavy atom. The minimum atomic E-state index is -0.594. The average Bonchev–Trinajstić information content (AvgIpc) is 3.98. The summed E-state index contributed by atoms with van der Waals surface area (Å²) in [6, 6.07) is 23.3. The first-order valence-electron chi connectivity index (χ1n) is 18.5. The Kier molecular flexibility index (Phi) is 9.74. The number of aromatic nitrogens is 6. The molecule has 0 saturated carbocycles. The number of hydrogen-bond donors (Lipinski definition) is 5. The van der Waals surface area contributed by atoms with E-state index in [2.05, 4.69) is 61.7 Å². The average molecular weight is 754 g/mol. The first-order chi connectivity index (χ1) is 27.1. The Bertz CT molecular complexity index is 2590. The van der Waals surface area contributed by atoms with Crippen molar-refractivity contribution in [2.45, 2.75) is 12.8 Å². The number of hydrogen-bond acceptors (Lipinski definition) is 8. The number of carbonyl (C=O) groups is 3. The van der Waals surface area contributed by atoms with Crippen LogP contribution in [0.15, 0.2) is 85.2 Å². The van der Waals surface area contributed by atoms with E-state index in [1.54, 1.807) is 41.7 Å². The fourth-order valence-corrected chi connectivity index (χ4v) is 7.00. The summed E-state index contributed by atoms with van der Waals surface area (Å²) in [6.07, 6.45) is 3.98. The van der Waals surface area contributed by atoms with E-state index in [9.17, 15) is 14.4 Å². The number of fused-ring (bicyclic) bond motifs is 2. The van der Waals surface area contributed by atoms with Gasteiger partial charge in [0.05, 0.1) is 40.0 Å². The number of ether oxygens (including phenoxy) is 1. The van der Waals surface area contributed by atoms with Gasteiger partial charge in [0.15, 0.2) is 0 Å². The molecule has 1 aliphatic rings. The fourth-order valence-electron chi connectivity index (χ4n) is 7.00. The lowest BCUT2D eigenvalue weighted by atomic mass is 10.2. The van der Waals surface area contributed by atoms with Crippen molar-refractivity contribution >= 4 is 56.9 Å². The number of nitrogens with zero attached hydrogens (tertiary/aromatic N) is 6. The summed E-state index contributed by atoms with van der Waals surface area (Å²) >= 11 is 0. The lowest BCUT2D eigenvalue weighted by Gasteiger charge is -2.34. The van der Waals surface area contributed by atoms with E-state index in [1.807, 2.05) is 36.4 Å². The summed E-state index contributed by atoms with van der Waals surface area (Å²) in [5, 5.41) is 5.60. The normalized spacial score (nSPS) is 13.4. The highest BCUT2D eigenvalue weighted by Crippen LogP contribution is 2.29. The van der Waals surface area contributed by atoms with Crippen molar-refractivity contribution < 1.29 is 19.1 Å². The number of benzene rings is 3. The number of anilines is 3. The van der Waals surface area contributed by atoms with E-state index in [0.29, 0.717) is 35.8 Å². The summed E-state index contributed by atoms with van der Waals surface area (Å²) in [5.74, 6) is 1.01. The molecule has 8 rings (SSSR count). The quantitative estimate of drug-likeness (QED) is 0.103. The fraction of sp³-hybridized carbons (Fsp3) is 0.244. The van der Waals surface area contributed by atoms with E-state index >= 15 is 0 Å². The largest absolute Gasteiger partial charge is 0.494 e. The maximum atomic E-state index is 12.9. The molecule has 1 fully saturated rings. The number of primary amides is 1. The molecule has 0 atom stereocenters. The number of amides is 3. The molecule has 4 aromatic heterocycles. The molecular weight excluding hydrogens is 711 g/mol. The number of piperazine rings is 1. The standard InChI is InChI=1S/C41H43N11O4/c1-49-13-15-52(16-14-49)29-10-12-32-34(22-29)48-40(46-32)26-9-11-31-33(19-26)47-39(45-31)25-6-4-7-30(18-25)56-17-5-8-37(53)43-27-21-36(51(3)23-27)41(55)44-28-20-35(38(42)54)50(2)24-28/h4,6-7,9-12,18-24H,5,8,13-17H2,1-3H3,(H2,42,54)(H,43,53)(H,44,55)(H,45,47)(H,46,48). The number of aromatic amines is 2. The number of rotatable bonds is 12. The first-order valence-corrected chi connectivity index (χ1v) is 18.5. The third kappa shape index (κ3) is 7.70. The zero-order chi connectivity index (χ0) is 38.9. The van der Waals surface area contributed by atoms with Crippen LogP contribution in [-0.2, 0) is 18.9 Å². The lowest BCUT2D eigenvalue weighted by Crippen LogP contribution is -2.44. The maximum Gasteiger partial charge on any atom is 0.272 e. The van der Waals surface area contributed by atoms with Crippen LogP contribution in [0.1, 0.15) is 33.8 Å². The molecule has 3 aromatic carbocycles. The number of likely N-dealkylation sites (N-methyl/N-ethyl adjacent to an activating group) is 1. The van der Waals surface area contributed by atoms with E-state index in [1.165, 1.54) is 11.8 Å². The predicted octanol–water partition coefficient (Wildman–Crippen LogP) is 5.35. The molecule has 0 radical (unpaired) electrons. The number of aryl methyl sites for hydroxylation is 2. The second-order valence-corrected chi connectivity index (χ2v) is 14.2. The van der Waals surface area contributed by atoms with Crippen LogP contribution in [0.25, 0.3) is 44.8 Å². The third-order valence-corrected chi connectivity index (χ3v) is 10.1. The molecule has 286 valence electrons. The van der Waals surface area contributed by atoms with Gasteiger partial charge in [0.1, 0.15) is 28.8 Å². The van der Waals surface area contributed by atoms with Gasteiger partial charge in [-0.1, -0.05) is 12.1 Å². The van der Waals surface area contributed by atoms with Crippen LogP contribution in [0.3, 0.4) is 0 Å². The van der Waals surface area contributed by atoms with Crippen molar-refractivity contribution in [1.82, 2.24) is 34.0 Å². The monoisotopic (exact) mass is 753 g/mol. The van der Waals surface area contributed by atoms with Crippen molar-refractivity contribution in [2.75, 3.05) is 55.4 Å². The molecule has 6 N–H and O–H groups in total. The molecule has 56 heavy (non-hydrogen) atoms. The zero-order valence-corrected chi connectivity index (χ0v) is 31.4. The molecule has 0 bridgehead atoms. The predicted molar refractivity (Wildman–Crippen MR) is 217 cm³/mol. The highest BCUT2D eigenvalue weighted by molar-refractivity contribution is 6.05. The minimum absolute atomic E-state index is 0.200. The van der Waals surface area contributed by atoms with Gasteiger partial charge in [-0.2, -0.15) is 0 Å². The Morgan fingerprint density at radius 2 is 1.39 bits per heavy atom. The van der Waals surface area contributed by atoms with Gasteiger partial charge in [-0.25, -0.2) is 9.97 Å². The molecule has 15 nitrogen and oxygen atoms in total. The van der Waals surface area contributed by atoms with Crippen LogP contribution in [0, 0.1) is 0 Å². The highest BCUT2D eigenvalue weighted by Gasteiger charge is 2.18. The number of carbonyl (C=O) groups excluding carboxylic acids is 3. The second kappa shape index (κ2) is 15.1. The van der Waals surface area contributed by atoms with Gasteiger partial charge in [-0.15, -0.1) is 0 Å². The maximum absolute atomic E-state index is 12.9. The smallest absolute Gasteiger partial charge is 0.272 e. The van der Waals surface area contributed by atoms with Crippen LogP contribution in [-0.4, -0.2) is 91.5 Å². The van der Waals surface area contributed by atoms with Crippen LogP contribution in [0.2, 0.25) is 0 Å². The number of H-pyrrole nitrogens is 2. The number of imidazole rings is 2. The van der Waals surface area contributed by atoms with E-state index in [4.69, 9.17) is 20.4 Å². The number of nitrogens with two attached hydrogens (primary N) is 1. The third-order valence-electron chi connectivity index (χ3n) is 10.1. The van der Waals surface area contributed by atoms with Gasteiger partial charge in [-0.3, -0.25) is 14.4 Å². The number of nitrogens with one attached hydrogen (secondary N) is 4. The van der Waals surface area contributed by atoms with Crippen molar-refractivity contribution in [3.05, 3.63) is 96.6 Å². The van der Waals surface area contributed by atoms with Gasteiger partial charge < -0.3 is 50.0 Å². The molecule has 3 amide bonds. The summed E-state index contributed by atoms with van der Waals surface area (Å²) in [7, 11) is 5.54. The summed E-state index contributed by atoms with van der Waals surface area (Å²) in [6.45, 7) is 4.47. The molecule has 7 aromatic rings. The Balaban J connectivity index is 0.849. The molecule has 5 heterocycles. The summed E-state index contributed by atoms with van der Waals surface area (Å²) in [4.78, 5) is 58.6. The SMILES string of the molecule is CN1CCN(c2ccc3nc(-c4ccc5nc(-c6cccc(OCCCC(=O)Nc7cc(C(=O)Nc8cc(C(N)=O)n(C)c8)n(C)c7)c6)[nH]c5c4)[nH]c3c2)CC1. The van der Waals surface area contributed by atoms with Gasteiger partial charge >= 0.3 is 0 Å². The van der Waals surface area contributed by atoms with Crippen molar-refractivity contribution in [3.63, 3.8) is 0 Å². The van der Waals surface area contributed by atoms with Crippen LogP contribution >= 0.6 is 0 Å². The van der Waals surface area contributed by atoms with Crippen LogP contribution < -0.4 is 26.0 Å².